The molecule has 0 bridgehead atoms. The molecule has 4 nitrogen and oxygen atoms in total. The number of rotatable bonds is 7. The van der Waals surface area contributed by atoms with Crippen LogP contribution in [0.2, 0.25) is 10.0 Å². The van der Waals surface area contributed by atoms with E-state index in [1.54, 1.807) is 18.2 Å². The molecule has 130 valence electrons. The molecule has 0 radical (unpaired) electrons. The Morgan fingerprint density at radius 1 is 1.08 bits per heavy atom. The van der Waals surface area contributed by atoms with Crippen LogP contribution in [0.5, 0.6) is 0 Å². The smallest absolute Gasteiger partial charge is 0.225 e. The number of hydrogen-bond acceptors (Lipinski definition) is 2. The zero-order chi connectivity index (χ0) is 17.6. The summed E-state index contributed by atoms with van der Waals surface area (Å²) in [5.74, 6) is -0.0937. The summed E-state index contributed by atoms with van der Waals surface area (Å²) >= 11 is 11.9. The summed E-state index contributed by atoms with van der Waals surface area (Å²) in [6.45, 7) is 1.42. The Morgan fingerprint density at radius 2 is 1.92 bits per heavy atom. The number of para-hydroxylation sites is 1. The van der Waals surface area contributed by atoms with Crippen LogP contribution in [0, 0.1) is 0 Å². The largest absolute Gasteiger partial charge is 0.361 e. The number of aromatic amines is 1. The molecule has 0 aliphatic heterocycles. The topological polar surface area (TPSA) is 56.9 Å². The van der Waals surface area contributed by atoms with Crippen LogP contribution in [0.15, 0.2) is 48.7 Å². The first-order valence-electron chi connectivity index (χ1n) is 8.14. The second-order valence-corrected chi connectivity index (χ2v) is 6.63. The molecule has 1 heterocycles. The van der Waals surface area contributed by atoms with Gasteiger partial charge in [-0.05, 0) is 42.8 Å². The van der Waals surface area contributed by atoms with E-state index >= 15 is 0 Å². The van der Waals surface area contributed by atoms with Crippen molar-refractivity contribution >= 4 is 45.7 Å². The third-order valence-corrected chi connectivity index (χ3v) is 4.54. The lowest BCUT2D eigenvalue weighted by Gasteiger charge is -2.08. The molecule has 6 heteroatoms. The van der Waals surface area contributed by atoms with Gasteiger partial charge in [0.05, 0.1) is 10.7 Å². The van der Waals surface area contributed by atoms with Gasteiger partial charge in [0.15, 0.2) is 0 Å². The summed E-state index contributed by atoms with van der Waals surface area (Å²) in [7, 11) is 0. The zero-order valence-electron chi connectivity index (χ0n) is 13.6. The van der Waals surface area contributed by atoms with Gasteiger partial charge >= 0.3 is 0 Å². The van der Waals surface area contributed by atoms with Crippen LogP contribution in [0.25, 0.3) is 10.9 Å². The number of benzene rings is 2. The number of hydrogen-bond donors (Lipinski definition) is 3. The third kappa shape index (κ3) is 4.75. The first-order valence-corrected chi connectivity index (χ1v) is 8.89. The van der Waals surface area contributed by atoms with Crippen molar-refractivity contribution in [2.45, 2.75) is 12.8 Å². The number of H-pyrrole nitrogens is 1. The number of anilines is 1. The molecule has 0 unspecified atom stereocenters. The van der Waals surface area contributed by atoms with Gasteiger partial charge < -0.3 is 15.6 Å². The zero-order valence-corrected chi connectivity index (χ0v) is 15.1. The van der Waals surface area contributed by atoms with Crippen molar-refractivity contribution in [1.82, 2.24) is 10.3 Å². The summed E-state index contributed by atoms with van der Waals surface area (Å²) in [5.41, 5.74) is 2.96. The first kappa shape index (κ1) is 17.8. The Hall–Kier alpha value is -2.01. The molecular formula is C19H19Cl2N3O. The second kappa shape index (κ2) is 8.39. The van der Waals surface area contributed by atoms with Gasteiger partial charge in [0.1, 0.15) is 0 Å². The van der Waals surface area contributed by atoms with E-state index in [0.717, 1.165) is 18.5 Å². The highest BCUT2D eigenvalue weighted by atomic mass is 35.5. The first-order chi connectivity index (χ1) is 12.1. The highest BCUT2D eigenvalue weighted by Gasteiger charge is 2.07. The maximum absolute atomic E-state index is 12.0. The lowest BCUT2D eigenvalue weighted by atomic mass is 10.1. The monoisotopic (exact) mass is 375 g/mol. The van der Waals surface area contributed by atoms with Gasteiger partial charge in [0, 0.05) is 35.1 Å². The maximum atomic E-state index is 12.0. The molecule has 0 atom stereocenters. The third-order valence-electron chi connectivity index (χ3n) is 3.98. The molecule has 0 aliphatic rings. The number of carbonyl (C=O) groups excluding carboxylic acids is 1. The molecular weight excluding hydrogens is 357 g/mol. The van der Waals surface area contributed by atoms with Crippen molar-refractivity contribution in [1.29, 1.82) is 0 Å². The van der Waals surface area contributed by atoms with Crippen LogP contribution in [0.4, 0.5) is 5.69 Å². The van der Waals surface area contributed by atoms with Gasteiger partial charge in [-0.25, -0.2) is 0 Å². The quantitative estimate of drug-likeness (QED) is 0.527. The number of halogens is 2. The lowest BCUT2D eigenvalue weighted by molar-refractivity contribution is -0.116. The van der Waals surface area contributed by atoms with Gasteiger partial charge in [0.25, 0.3) is 0 Å². The predicted octanol–water partition coefficient (Wildman–Crippen LogP) is 4.64. The Labute approximate surface area is 156 Å². The standard InChI is InChI=1S/C19H19Cl2N3O/c20-14-5-6-16(21)18(11-14)24-19(25)8-10-22-9-7-13-12-23-17-4-2-1-3-15(13)17/h1-6,11-12,22-23H,7-10H2,(H,24,25). The molecule has 2 aromatic carbocycles. The molecule has 3 aromatic rings. The minimum atomic E-state index is -0.0937. The molecule has 0 saturated carbocycles. The minimum Gasteiger partial charge on any atom is -0.361 e. The van der Waals surface area contributed by atoms with Crippen LogP contribution in [0.3, 0.4) is 0 Å². The fraction of sp³-hybridized carbons (Fsp3) is 0.211. The van der Waals surface area contributed by atoms with E-state index in [2.05, 4.69) is 27.8 Å². The van der Waals surface area contributed by atoms with E-state index in [-0.39, 0.29) is 5.91 Å². The highest BCUT2D eigenvalue weighted by molar-refractivity contribution is 6.35. The van der Waals surface area contributed by atoms with Gasteiger partial charge in [0.2, 0.25) is 5.91 Å². The van der Waals surface area contributed by atoms with Crippen LogP contribution in [-0.2, 0) is 11.2 Å². The summed E-state index contributed by atoms with van der Waals surface area (Å²) in [4.78, 5) is 15.3. The van der Waals surface area contributed by atoms with E-state index in [4.69, 9.17) is 23.2 Å². The fourth-order valence-electron chi connectivity index (χ4n) is 2.69. The van der Waals surface area contributed by atoms with Gasteiger partial charge in [-0.1, -0.05) is 41.4 Å². The molecule has 25 heavy (non-hydrogen) atoms. The normalized spacial score (nSPS) is 11.0. The lowest BCUT2D eigenvalue weighted by Crippen LogP contribution is -2.23. The van der Waals surface area contributed by atoms with Crippen molar-refractivity contribution < 1.29 is 4.79 Å². The molecule has 0 saturated heterocycles. The number of fused-ring (bicyclic) bond motifs is 1. The fourth-order valence-corrected chi connectivity index (χ4v) is 3.03. The van der Waals surface area contributed by atoms with Crippen LogP contribution in [-0.4, -0.2) is 24.0 Å². The SMILES string of the molecule is O=C(CCNCCc1c[nH]c2ccccc12)Nc1cc(Cl)ccc1Cl. The summed E-state index contributed by atoms with van der Waals surface area (Å²) in [5, 5.41) is 8.34. The van der Waals surface area contributed by atoms with Crippen molar-refractivity contribution in [3.8, 4) is 0 Å². The Bertz CT molecular complexity index is 876. The van der Waals surface area contributed by atoms with Gasteiger partial charge in [-0.15, -0.1) is 0 Å². The average Bonchev–Trinajstić information content (AvgIpc) is 3.01. The minimum absolute atomic E-state index is 0.0937. The predicted molar refractivity (Wildman–Crippen MR) is 105 cm³/mol. The average molecular weight is 376 g/mol. The number of carbonyl (C=O) groups is 1. The molecule has 0 fully saturated rings. The van der Waals surface area contributed by atoms with Crippen LogP contribution < -0.4 is 10.6 Å². The molecule has 3 rings (SSSR count). The number of amides is 1. The summed E-state index contributed by atoms with van der Waals surface area (Å²) in [6, 6.07) is 13.2. The molecule has 0 aliphatic carbocycles. The second-order valence-electron chi connectivity index (χ2n) is 5.78. The van der Waals surface area contributed by atoms with E-state index in [1.807, 2.05) is 18.3 Å². The molecule has 1 aromatic heterocycles. The number of aromatic nitrogens is 1. The van der Waals surface area contributed by atoms with Crippen molar-refractivity contribution in [3.05, 3.63) is 64.3 Å². The van der Waals surface area contributed by atoms with E-state index in [0.29, 0.717) is 28.7 Å². The van der Waals surface area contributed by atoms with Gasteiger partial charge in [-0.3, -0.25) is 4.79 Å². The summed E-state index contributed by atoms with van der Waals surface area (Å²) in [6.07, 6.45) is 3.32. The van der Waals surface area contributed by atoms with E-state index < -0.39 is 0 Å². The Morgan fingerprint density at radius 3 is 2.80 bits per heavy atom. The van der Waals surface area contributed by atoms with Crippen LogP contribution >= 0.6 is 23.2 Å². The summed E-state index contributed by atoms with van der Waals surface area (Å²) < 4.78 is 0. The van der Waals surface area contributed by atoms with Gasteiger partial charge in [-0.2, -0.15) is 0 Å². The van der Waals surface area contributed by atoms with Crippen LogP contribution in [0.1, 0.15) is 12.0 Å². The Balaban J connectivity index is 1.41. The number of nitrogens with one attached hydrogen (secondary N) is 3. The molecule has 0 spiro atoms. The maximum Gasteiger partial charge on any atom is 0.225 e. The Kier molecular flexibility index (Phi) is 5.97. The van der Waals surface area contributed by atoms with Crippen molar-refractivity contribution in [2.75, 3.05) is 18.4 Å². The van der Waals surface area contributed by atoms with Crippen molar-refractivity contribution in [3.63, 3.8) is 0 Å². The molecule has 3 N–H and O–H groups in total. The van der Waals surface area contributed by atoms with E-state index in [1.165, 1.54) is 10.9 Å². The highest BCUT2D eigenvalue weighted by Crippen LogP contribution is 2.25. The van der Waals surface area contributed by atoms with Crippen molar-refractivity contribution in [2.24, 2.45) is 0 Å². The van der Waals surface area contributed by atoms with E-state index in [9.17, 15) is 4.79 Å². The molecule has 1 amide bonds.